The Bertz CT molecular complexity index is 339. The smallest absolute Gasteiger partial charge is 0.0205 e. The number of rotatable bonds is 5. The molecule has 1 nitrogen and oxygen atoms in total. The Morgan fingerprint density at radius 1 is 1.25 bits per heavy atom. The second kappa shape index (κ2) is 5.49. The van der Waals surface area contributed by atoms with Crippen molar-refractivity contribution in [2.75, 3.05) is 7.05 Å². The predicted molar refractivity (Wildman–Crippen MR) is 71.9 cm³/mol. The molecule has 1 N–H and O–H groups in total. The molecule has 90 valence electrons. The first-order valence-electron chi connectivity index (χ1n) is 6.26. The molecule has 0 aliphatic heterocycles. The summed E-state index contributed by atoms with van der Waals surface area (Å²) < 4.78 is 0. The fourth-order valence-corrected chi connectivity index (χ4v) is 2.42. The van der Waals surface area contributed by atoms with Crippen molar-refractivity contribution in [3.8, 4) is 0 Å². The highest BCUT2D eigenvalue weighted by molar-refractivity contribution is 5.36. The number of nitrogens with one attached hydrogen (secondary N) is 1. The molecule has 0 fully saturated rings. The first kappa shape index (κ1) is 13.2. The first-order valence-corrected chi connectivity index (χ1v) is 6.26. The lowest BCUT2D eigenvalue weighted by Crippen LogP contribution is -2.21. The fourth-order valence-electron chi connectivity index (χ4n) is 2.42. The summed E-state index contributed by atoms with van der Waals surface area (Å²) in [5, 5.41) is 3.26. The summed E-state index contributed by atoms with van der Waals surface area (Å²) in [6, 6.07) is 6.82. The van der Waals surface area contributed by atoms with Crippen molar-refractivity contribution in [3.63, 3.8) is 0 Å². The standard InChI is InChI=1S/C15H25N/c1-6-9-15(3,4)14-10-12(2)7-8-13(14)11-16-5/h7-8,10,16H,6,9,11H2,1-5H3. The molecule has 0 aliphatic carbocycles. The molecule has 0 saturated carbocycles. The Balaban J connectivity index is 3.12. The lowest BCUT2D eigenvalue weighted by atomic mass is 9.78. The minimum atomic E-state index is 0.285. The zero-order chi connectivity index (χ0) is 12.2. The minimum absolute atomic E-state index is 0.285. The van der Waals surface area contributed by atoms with E-state index in [0.29, 0.717) is 0 Å². The highest BCUT2D eigenvalue weighted by Gasteiger charge is 2.22. The van der Waals surface area contributed by atoms with Crippen LogP contribution in [0.15, 0.2) is 18.2 Å². The van der Waals surface area contributed by atoms with Gasteiger partial charge in [-0.3, -0.25) is 0 Å². The average molecular weight is 219 g/mol. The molecular formula is C15H25N. The van der Waals surface area contributed by atoms with Gasteiger partial charge in [0.1, 0.15) is 0 Å². The summed E-state index contributed by atoms with van der Waals surface area (Å²) in [6.07, 6.45) is 2.48. The molecule has 0 atom stereocenters. The monoisotopic (exact) mass is 219 g/mol. The SMILES string of the molecule is CCCC(C)(C)c1cc(C)ccc1CNC. The minimum Gasteiger partial charge on any atom is -0.316 e. The van der Waals surface area contributed by atoms with Gasteiger partial charge >= 0.3 is 0 Å². The Kier molecular flexibility index (Phi) is 4.55. The first-order chi connectivity index (χ1) is 7.51. The van der Waals surface area contributed by atoms with Gasteiger partial charge in [-0.15, -0.1) is 0 Å². The third-order valence-electron chi connectivity index (χ3n) is 3.24. The second-order valence-electron chi connectivity index (χ2n) is 5.32. The van der Waals surface area contributed by atoms with Crippen LogP contribution in [0.5, 0.6) is 0 Å². The third kappa shape index (κ3) is 3.08. The van der Waals surface area contributed by atoms with Gasteiger partial charge < -0.3 is 5.32 Å². The molecule has 0 spiro atoms. The molecule has 1 aromatic rings. The third-order valence-corrected chi connectivity index (χ3v) is 3.24. The van der Waals surface area contributed by atoms with Crippen molar-refractivity contribution in [2.24, 2.45) is 0 Å². The van der Waals surface area contributed by atoms with Gasteiger partial charge in [-0.05, 0) is 36.9 Å². The Morgan fingerprint density at radius 2 is 1.94 bits per heavy atom. The average Bonchev–Trinajstić information content (AvgIpc) is 2.21. The van der Waals surface area contributed by atoms with E-state index in [9.17, 15) is 0 Å². The maximum absolute atomic E-state index is 3.26. The molecule has 1 rings (SSSR count). The maximum Gasteiger partial charge on any atom is 0.0205 e. The molecule has 0 bridgehead atoms. The lowest BCUT2D eigenvalue weighted by Gasteiger charge is -2.28. The molecule has 0 unspecified atom stereocenters. The van der Waals surface area contributed by atoms with Crippen molar-refractivity contribution in [3.05, 3.63) is 34.9 Å². The Labute approximate surface area is 100 Å². The lowest BCUT2D eigenvalue weighted by molar-refractivity contribution is 0.467. The van der Waals surface area contributed by atoms with Crippen molar-refractivity contribution in [2.45, 2.75) is 52.5 Å². The van der Waals surface area contributed by atoms with Crippen LogP contribution in [-0.4, -0.2) is 7.05 Å². The summed E-state index contributed by atoms with van der Waals surface area (Å²) in [5.74, 6) is 0. The van der Waals surface area contributed by atoms with Crippen molar-refractivity contribution in [1.29, 1.82) is 0 Å². The van der Waals surface area contributed by atoms with E-state index in [2.05, 4.69) is 51.2 Å². The second-order valence-corrected chi connectivity index (χ2v) is 5.32. The number of aryl methyl sites for hydroxylation is 1. The van der Waals surface area contributed by atoms with E-state index < -0.39 is 0 Å². The van der Waals surface area contributed by atoms with Crippen molar-refractivity contribution >= 4 is 0 Å². The number of hydrogen-bond donors (Lipinski definition) is 1. The zero-order valence-corrected chi connectivity index (χ0v) is 11.4. The molecular weight excluding hydrogens is 194 g/mol. The van der Waals surface area contributed by atoms with Gasteiger partial charge in [-0.2, -0.15) is 0 Å². The van der Waals surface area contributed by atoms with Crippen LogP contribution in [0.25, 0.3) is 0 Å². The van der Waals surface area contributed by atoms with Gasteiger partial charge in [0.15, 0.2) is 0 Å². The van der Waals surface area contributed by atoms with Crippen LogP contribution >= 0.6 is 0 Å². The van der Waals surface area contributed by atoms with Gasteiger partial charge in [-0.25, -0.2) is 0 Å². The molecule has 0 heterocycles. The van der Waals surface area contributed by atoms with Crippen LogP contribution in [0.3, 0.4) is 0 Å². The largest absolute Gasteiger partial charge is 0.316 e. The van der Waals surface area contributed by atoms with E-state index in [1.54, 1.807) is 0 Å². The van der Waals surface area contributed by atoms with Gasteiger partial charge in [0.2, 0.25) is 0 Å². The molecule has 1 aromatic carbocycles. The molecule has 0 aliphatic rings. The Hall–Kier alpha value is -0.820. The maximum atomic E-state index is 3.26. The van der Waals surface area contributed by atoms with Gasteiger partial charge in [-0.1, -0.05) is 51.0 Å². The van der Waals surface area contributed by atoms with E-state index in [4.69, 9.17) is 0 Å². The fraction of sp³-hybridized carbons (Fsp3) is 0.600. The molecule has 0 aromatic heterocycles. The predicted octanol–water partition coefficient (Wildman–Crippen LogP) is 3.79. The van der Waals surface area contributed by atoms with E-state index in [1.165, 1.54) is 29.5 Å². The van der Waals surface area contributed by atoms with E-state index in [0.717, 1.165) is 6.54 Å². The zero-order valence-electron chi connectivity index (χ0n) is 11.4. The van der Waals surface area contributed by atoms with E-state index in [1.807, 2.05) is 7.05 Å². The summed E-state index contributed by atoms with van der Waals surface area (Å²) in [7, 11) is 2.01. The molecule has 0 amide bonds. The summed E-state index contributed by atoms with van der Waals surface area (Å²) >= 11 is 0. The van der Waals surface area contributed by atoms with E-state index in [-0.39, 0.29) is 5.41 Å². The van der Waals surface area contributed by atoms with Gasteiger partial charge in [0.05, 0.1) is 0 Å². The van der Waals surface area contributed by atoms with Crippen LogP contribution in [0, 0.1) is 6.92 Å². The van der Waals surface area contributed by atoms with Gasteiger partial charge in [0, 0.05) is 6.54 Å². The van der Waals surface area contributed by atoms with Crippen LogP contribution in [0.1, 0.15) is 50.3 Å². The number of hydrogen-bond acceptors (Lipinski definition) is 1. The quantitative estimate of drug-likeness (QED) is 0.794. The topological polar surface area (TPSA) is 12.0 Å². The molecule has 0 radical (unpaired) electrons. The van der Waals surface area contributed by atoms with E-state index >= 15 is 0 Å². The van der Waals surface area contributed by atoms with Crippen LogP contribution in [0.4, 0.5) is 0 Å². The van der Waals surface area contributed by atoms with Crippen LogP contribution in [-0.2, 0) is 12.0 Å². The highest BCUT2D eigenvalue weighted by atomic mass is 14.8. The number of benzene rings is 1. The molecule has 16 heavy (non-hydrogen) atoms. The summed E-state index contributed by atoms with van der Waals surface area (Å²) in [4.78, 5) is 0. The van der Waals surface area contributed by atoms with Crippen molar-refractivity contribution in [1.82, 2.24) is 5.32 Å². The summed E-state index contributed by atoms with van der Waals surface area (Å²) in [6.45, 7) is 10.1. The molecule has 1 heteroatoms. The normalized spacial score (nSPS) is 11.8. The van der Waals surface area contributed by atoms with Crippen LogP contribution < -0.4 is 5.32 Å². The van der Waals surface area contributed by atoms with Crippen molar-refractivity contribution < 1.29 is 0 Å². The van der Waals surface area contributed by atoms with Crippen LogP contribution in [0.2, 0.25) is 0 Å². The summed E-state index contributed by atoms with van der Waals surface area (Å²) in [5.41, 5.74) is 4.58. The van der Waals surface area contributed by atoms with Gasteiger partial charge in [0.25, 0.3) is 0 Å². The Morgan fingerprint density at radius 3 is 2.50 bits per heavy atom. The highest BCUT2D eigenvalue weighted by Crippen LogP contribution is 2.31. The molecule has 0 saturated heterocycles.